The molecule has 1 fully saturated rings. The molecule has 0 N–H and O–H groups in total. The van der Waals surface area contributed by atoms with Crippen molar-refractivity contribution in [2.24, 2.45) is 0 Å². The van der Waals surface area contributed by atoms with E-state index in [1.54, 1.807) is 0 Å². The monoisotopic (exact) mass is 231 g/mol. The summed E-state index contributed by atoms with van der Waals surface area (Å²) in [6.07, 6.45) is -0.0725. The maximum absolute atomic E-state index is 11.6. The van der Waals surface area contributed by atoms with Gasteiger partial charge >= 0.3 is 6.09 Å². The fourth-order valence-corrected chi connectivity index (χ4v) is 1.62. The molecule has 1 heterocycles. The van der Waals surface area contributed by atoms with E-state index in [9.17, 15) is 9.59 Å². The number of rotatable bonds is 2. The van der Waals surface area contributed by atoms with E-state index in [2.05, 4.69) is 6.58 Å². The molecule has 4 nitrogen and oxygen atoms in total. The van der Waals surface area contributed by atoms with Crippen LogP contribution in [-0.4, -0.2) is 23.4 Å². The Balaban J connectivity index is 1.90. The van der Waals surface area contributed by atoms with Crippen LogP contribution in [0.5, 0.6) is 0 Å². The maximum Gasteiger partial charge on any atom is 0.417 e. The van der Waals surface area contributed by atoms with Gasteiger partial charge in [-0.25, -0.2) is 9.69 Å². The minimum Gasteiger partial charge on any atom is -0.444 e. The van der Waals surface area contributed by atoms with Crippen molar-refractivity contribution in [3.05, 3.63) is 48.0 Å². The van der Waals surface area contributed by atoms with E-state index in [1.807, 2.05) is 30.3 Å². The average molecular weight is 231 g/mol. The van der Waals surface area contributed by atoms with Crippen LogP contribution in [0.4, 0.5) is 4.79 Å². The van der Waals surface area contributed by atoms with Crippen molar-refractivity contribution in [3.8, 4) is 0 Å². The second kappa shape index (κ2) is 4.82. The van der Waals surface area contributed by atoms with Gasteiger partial charge in [-0.15, -0.1) is 0 Å². The lowest BCUT2D eigenvalue weighted by Gasteiger charge is -2.13. The lowest BCUT2D eigenvalue weighted by molar-refractivity contribution is -0.123. The van der Waals surface area contributed by atoms with Crippen LogP contribution in [0.25, 0.3) is 0 Å². The molecule has 0 saturated carbocycles. The standard InChI is InChI=1S/C13H13NO3/c1-10-7-8-14(12(10)15)13(16)17-9-11-5-3-2-4-6-11/h2-6H,1,7-9H2. The molecule has 1 saturated heterocycles. The largest absolute Gasteiger partial charge is 0.444 e. The van der Waals surface area contributed by atoms with E-state index < -0.39 is 6.09 Å². The summed E-state index contributed by atoms with van der Waals surface area (Å²) in [6, 6.07) is 9.34. The molecule has 1 aliphatic rings. The minimum atomic E-state index is -0.600. The summed E-state index contributed by atoms with van der Waals surface area (Å²) in [5, 5.41) is 0. The molecule has 2 rings (SSSR count). The molecule has 2 amide bonds. The van der Waals surface area contributed by atoms with Crippen LogP contribution in [0.15, 0.2) is 42.5 Å². The van der Waals surface area contributed by atoms with Crippen molar-refractivity contribution in [2.45, 2.75) is 13.0 Å². The number of carbonyl (C=O) groups excluding carboxylic acids is 2. The molecule has 0 spiro atoms. The van der Waals surface area contributed by atoms with Crippen molar-refractivity contribution < 1.29 is 14.3 Å². The molecule has 4 heteroatoms. The van der Waals surface area contributed by atoms with Crippen LogP contribution in [0.1, 0.15) is 12.0 Å². The van der Waals surface area contributed by atoms with Crippen LogP contribution in [0, 0.1) is 0 Å². The Labute approximate surface area is 99.5 Å². The van der Waals surface area contributed by atoms with Crippen LogP contribution in [0.2, 0.25) is 0 Å². The Morgan fingerprint density at radius 1 is 1.35 bits per heavy atom. The summed E-state index contributed by atoms with van der Waals surface area (Å²) in [7, 11) is 0. The minimum absolute atomic E-state index is 0.177. The number of benzene rings is 1. The first-order valence-corrected chi connectivity index (χ1v) is 5.39. The second-order valence-electron chi connectivity index (χ2n) is 3.85. The van der Waals surface area contributed by atoms with Gasteiger partial charge in [0.05, 0.1) is 0 Å². The van der Waals surface area contributed by atoms with Gasteiger partial charge in [0.15, 0.2) is 0 Å². The van der Waals surface area contributed by atoms with E-state index in [1.165, 1.54) is 0 Å². The molecule has 0 aliphatic carbocycles. The molecule has 0 aromatic heterocycles. The highest BCUT2D eigenvalue weighted by atomic mass is 16.6. The van der Waals surface area contributed by atoms with Crippen LogP contribution < -0.4 is 0 Å². The Hall–Kier alpha value is -2.10. The first-order chi connectivity index (χ1) is 8.18. The van der Waals surface area contributed by atoms with Gasteiger partial charge in [0.25, 0.3) is 5.91 Å². The lowest BCUT2D eigenvalue weighted by atomic mass is 10.2. The van der Waals surface area contributed by atoms with Crippen molar-refractivity contribution in [1.82, 2.24) is 4.90 Å². The van der Waals surface area contributed by atoms with E-state index in [4.69, 9.17) is 4.74 Å². The Bertz CT molecular complexity index is 453. The average Bonchev–Trinajstić information content (AvgIpc) is 2.69. The summed E-state index contributed by atoms with van der Waals surface area (Å²) in [6.45, 7) is 4.13. The van der Waals surface area contributed by atoms with Gasteiger partial charge in [0.1, 0.15) is 6.61 Å². The molecule has 0 atom stereocenters. The second-order valence-corrected chi connectivity index (χ2v) is 3.85. The van der Waals surface area contributed by atoms with E-state index in [0.29, 0.717) is 18.5 Å². The van der Waals surface area contributed by atoms with Crippen LogP contribution in [0.3, 0.4) is 0 Å². The van der Waals surface area contributed by atoms with E-state index in [-0.39, 0.29) is 12.5 Å². The van der Waals surface area contributed by atoms with Gasteiger partial charge in [0.2, 0.25) is 0 Å². The summed E-state index contributed by atoms with van der Waals surface area (Å²) in [4.78, 5) is 24.2. The number of likely N-dealkylation sites (tertiary alicyclic amines) is 1. The van der Waals surface area contributed by atoms with Gasteiger partial charge in [-0.05, 0) is 12.0 Å². The molecule has 0 unspecified atom stereocenters. The quantitative estimate of drug-likeness (QED) is 0.732. The number of amides is 2. The highest BCUT2D eigenvalue weighted by Crippen LogP contribution is 2.16. The highest BCUT2D eigenvalue weighted by molar-refractivity contribution is 6.04. The zero-order valence-electron chi connectivity index (χ0n) is 9.39. The first kappa shape index (κ1) is 11.4. The molecule has 0 bridgehead atoms. The molecule has 0 radical (unpaired) electrons. The highest BCUT2D eigenvalue weighted by Gasteiger charge is 2.30. The van der Waals surface area contributed by atoms with Gasteiger partial charge < -0.3 is 4.74 Å². The third-order valence-corrected chi connectivity index (χ3v) is 2.61. The number of hydrogen-bond acceptors (Lipinski definition) is 3. The summed E-state index contributed by atoms with van der Waals surface area (Å²) in [5.41, 5.74) is 1.35. The number of nitrogens with zero attached hydrogens (tertiary/aromatic N) is 1. The SMILES string of the molecule is C=C1CCN(C(=O)OCc2ccccc2)C1=O. The topological polar surface area (TPSA) is 46.6 Å². The molecular formula is C13H13NO3. The predicted molar refractivity (Wildman–Crippen MR) is 62.1 cm³/mol. The Morgan fingerprint density at radius 2 is 2.06 bits per heavy atom. The fourth-order valence-electron chi connectivity index (χ4n) is 1.62. The number of ether oxygens (including phenoxy) is 1. The van der Waals surface area contributed by atoms with E-state index >= 15 is 0 Å². The number of carbonyl (C=O) groups is 2. The molecule has 17 heavy (non-hydrogen) atoms. The lowest BCUT2D eigenvalue weighted by Crippen LogP contribution is -2.32. The van der Waals surface area contributed by atoms with E-state index in [0.717, 1.165) is 10.5 Å². The third-order valence-electron chi connectivity index (χ3n) is 2.61. The Kier molecular flexibility index (Phi) is 3.23. The molecular weight excluding hydrogens is 218 g/mol. The van der Waals surface area contributed by atoms with Crippen LogP contribution >= 0.6 is 0 Å². The molecule has 88 valence electrons. The first-order valence-electron chi connectivity index (χ1n) is 5.39. The van der Waals surface area contributed by atoms with Gasteiger partial charge in [0, 0.05) is 12.1 Å². The number of imide groups is 1. The summed E-state index contributed by atoms with van der Waals surface area (Å²) < 4.78 is 5.06. The van der Waals surface area contributed by atoms with Crippen molar-refractivity contribution in [3.63, 3.8) is 0 Å². The number of hydrogen-bond donors (Lipinski definition) is 0. The van der Waals surface area contributed by atoms with Gasteiger partial charge in [-0.1, -0.05) is 36.9 Å². The van der Waals surface area contributed by atoms with Gasteiger partial charge in [-0.3, -0.25) is 4.79 Å². The summed E-state index contributed by atoms with van der Waals surface area (Å²) >= 11 is 0. The van der Waals surface area contributed by atoms with Crippen LogP contribution in [-0.2, 0) is 16.1 Å². The predicted octanol–water partition coefficient (Wildman–Crippen LogP) is 2.11. The fraction of sp³-hybridized carbons (Fsp3) is 0.231. The third kappa shape index (κ3) is 2.53. The molecule has 1 aliphatic heterocycles. The normalized spacial score (nSPS) is 15.2. The smallest absolute Gasteiger partial charge is 0.417 e. The molecule has 1 aromatic rings. The zero-order chi connectivity index (χ0) is 12.3. The Morgan fingerprint density at radius 3 is 2.65 bits per heavy atom. The van der Waals surface area contributed by atoms with Gasteiger partial charge in [-0.2, -0.15) is 0 Å². The zero-order valence-corrected chi connectivity index (χ0v) is 9.39. The van der Waals surface area contributed by atoms with Crippen molar-refractivity contribution in [1.29, 1.82) is 0 Å². The van der Waals surface area contributed by atoms with Crippen molar-refractivity contribution in [2.75, 3.05) is 6.54 Å². The van der Waals surface area contributed by atoms with Crippen molar-refractivity contribution >= 4 is 12.0 Å². The molecule has 1 aromatic carbocycles. The maximum atomic E-state index is 11.6. The summed E-state index contributed by atoms with van der Waals surface area (Å²) in [5.74, 6) is -0.330.